The Bertz CT molecular complexity index is 750. The first-order valence-corrected chi connectivity index (χ1v) is 13.3. The number of hydrogen-bond donors (Lipinski definition) is 0. The molecule has 1 aromatic rings. The number of halogens is 2. The SMILES string of the molecule is C=CCCc1c(F)cc(C2CCC(C3CCC4CC(CCC=C)CCC4C3)CC2)cc1F. The molecule has 0 saturated heterocycles. The second kappa shape index (κ2) is 11.1. The van der Waals surface area contributed by atoms with E-state index in [0.717, 1.165) is 48.0 Å². The smallest absolute Gasteiger partial charge is 0.129 e. The van der Waals surface area contributed by atoms with Crippen LogP contribution in [0, 0.1) is 41.2 Å². The van der Waals surface area contributed by atoms with Gasteiger partial charge in [-0.15, -0.1) is 13.2 Å². The van der Waals surface area contributed by atoms with Gasteiger partial charge in [-0.2, -0.15) is 0 Å². The van der Waals surface area contributed by atoms with Crippen LogP contribution in [0.1, 0.15) is 101 Å². The third-order valence-corrected chi connectivity index (χ3v) is 9.21. The third-order valence-electron chi connectivity index (χ3n) is 9.21. The van der Waals surface area contributed by atoms with Crippen molar-refractivity contribution in [3.05, 3.63) is 60.2 Å². The van der Waals surface area contributed by atoms with Gasteiger partial charge in [-0.1, -0.05) is 18.6 Å². The first kappa shape index (κ1) is 23.7. The van der Waals surface area contributed by atoms with Crippen LogP contribution in [0.2, 0.25) is 0 Å². The fraction of sp³-hybridized carbons (Fsp3) is 0.667. The zero-order chi connectivity index (χ0) is 22.5. The molecule has 176 valence electrons. The summed E-state index contributed by atoms with van der Waals surface area (Å²) < 4.78 is 29.1. The Morgan fingerprint density at radius 1 is 0.719 bits per heavy atom. The zero-order valence-corrected chi connectivity index (χ0v) is 19.8. The molecule has 3 fully saturated rings. The van der Waals surface area contributed by atoms with Gasteiger partial charge in [-0.3, -0.25) is 0 Å². The molecular weight excluding hydrogens is 398 g/mol. The summed E-state index contributed by atoms with van der Waals surface area (Å²) >= 11 is 0. The molecule has 0 amide bonds. The fourth-order valence-electron chi connectivity index (χ4n) is 7.33. The van der Waals surface area contributed by atoms with Crippen LogP contribution < -0.4 is 0 Å². The summed E-state index contributed by atoms with van der Waals surface area (Å²) in [5.41, 5.74) is 1.10. The van der Waals surface area contributed by atoms with Crippen LogP contribution in [0.25, 0.3) is 0 Å². The summed E-state index contributed by atoms with van der Waals surface area (Å²) in [6.45, 7) is 7.56. The molecule has 0 bridgehead atoms. The topological polar surface area (TPSA) is 0 Å². The lowest BCUT2D eigenvalue weighted by atomic mass is 9.60. The summed E-state index contributed by atoms with van der Waals surface area (Å²) in [6.07, 6.45) is 20.6. The van der Waals surface area contributed by atoms with Gasteiger partial charge in [0.05, 0.1) is 0 Å². The van der Waals surface area contributed by atoms with Crippen molar-refractivity contribution in [1.82, 2.24) is 0 Å². The lowest BCUT2D eigenvalue weighted by Gasteiger charge is -2.45. The van der Waals surface area contributed by atoms with Crippen molar-refractivity contribution in [1.29, 1.82) is 0 Å². The van der Waals surface area contributed by atoms with E-state index in [9.17, 15) is 8.78 Å². The van der Waals surface area contributed by atoms with Crippen LogP contribution in [0.4, 0.5) is 8.78 Å². The predicted octanol–water partition coefficient (Wildman–Crippen LogP) is 9.16. The lowest BCUT2D eigenvalue weighted by Crippen LogP contribution is -2.34. The van der Waals surface area contributed by atoms with E-state index >= 15 is 0 Å². The van der Waals surface area contributed by atoms with Crippen LogP contribution >= 0.6 is 0 Å². The van der Waals surface area contributed by atoms with Crippen LogP contribution in [0.3, 0.4) is 0 Å². The van der Waals surface area contributed by atoms with Crippen molar-refractivity contribution in [2.24, 2.45) is 29.6 Å². The van der Waals surface area contributed by atoms with Gasteiger partial charge in [0.2, 0.25) is 0 Å². The summed E-state index contributed by atoms with van der Waals surface area (Å²) in [7, 11) is 0. The average molecular weight is 441 g/mol. The number of allylic oxidation sites excluding steroid dienone is 2. The van der Waals surface area contributed by atoms with E-state index in [2.05, 4.69) is 19.2 Å². The molecular formula is C30H42F2. The Morgan fingerprint density at radius 2 is 1.28 bits per heavy atom. The van der Waals surface area contributed by atoms with Gasteiger partial charge in [-0.05, 0) is 137 Å². The first-order chi connectivity index (χ1) is 15.6. The summed E-state index contributed by atoms with van der Waals surface area (Å²) in [4.78, 5) is 0. The van der Waals surface area contributed by atoms with E-state index in [1.54, 1.807) is 18.2 Å². The van der Waals surface area contributed by atoms with Crippen LogP contribution in [-0.2, 0) is 6.42 Å². The van der Waals surface area contributed by atoms with Crippen molar-refractivity contribution in [2.45, 2.75) is 95.8 Å². The van der Waals surface area contributed by atoms with Gasteiger partial charge in [0, 0.05) is 5.56 Å². The van der Waals surface area contributed by atoms with E-state index in [0.29, 0.717) is 18.8 Å². The van der Waals surface area contributed by atoms with Crippen molar-refractivity contribution < 1.29 is 8.78 Å². The van der Waals surface area contributed by atoms with Gasteiger partial charge >= 0.3 is 0 Å². The molecule has 0 spiro atoms. The Hall–Kier alpha value is -1.44. The van der Waals surface area contributed by atoms with Crippen molar-refractivity contribution in [2.75, 3.05) is 0 Å². The van der Waals surface area contributed by atoms with Crippen LogP contribution in [0.15, 0.2) is 37.4 Å². The molecule has 32 heavy (non-hydrogen) atoms. The maximum absolute atomic E-state index is 14.5. The lowest BCUT2D eigenvalue weighted by molar-refractivity contribution is 0.0621. The Labute approximate surface area is 194 Å². The Kier molecular flexibility index (Phi) is 8.24. The van der Waals surface area contributed by atoms with Gasteiger partial charge in [0.25, 0.3) is 0 Å². The molecule has 0 aromatic heterocycles. The minimum atomic E-state index is -0.369. The minimum absolute atomic E-state index is 0.221. The highest BCUT2D eigenvalue weighted by atomic mass is 19.1. The van der Waals surface area contributed by atoms with E-state index in [1.807, 2.05) is 0 Å². The van der Waals surface area contributed by atoms with Gasteiger partial charge < -0.3 is 0 Å². The standard InChI is InChI=1S/C30H42F2/c1-3-5-7-21-9-10-26-18-25(16-15-24(26)17-21)22-11-13-23(14-12-22)27-19-29(31)28(8-6-4-2)30(32)20-27/h3-4,19-26H,1-2,5-18H2. The van der Waals surface area contributed by atoms with Crippen molar-refractivity contribution in [3.63, 3.8) is 0 Å². The number of rotatable bonds is 8. The molecule has 2 heteroatoms. The summed E-state index contributed by atoms with van der Waals surface area (Å²) in [5.74, 6) is 4.15. The summed E-state index contributed by atoms with van der Waals surface area (Å²) in [6, 6.07) is 3.23. The molecule has 3 saturated carbocycles. The Balaban J connectivity index is 1.28. The minimum Gasteiger partial charge on any atom is -0.207 e. The second-order valence-corrected chi connectivity index (χ2v) is 11.0. The molecule has 3 aliphatic rings. The van der Waals surface area contributed by atoms with E-state index in [4.69, 9.17) is 0 Å². The van der Waals surface area contributed by atoms with Gasteiger partial charge in [0.1, 0.15) is 11.6 Å². The quantitative estimate of drug-likeness (QED) is 0.353. The normalized spacial score (nSPS) is 32.8. The fourth-order valence-corrected chi connectivity index (χ4v) is 7.33. The molecule has 0 N–H and O–H groups in total. The maximum Gasteiger partial charge on any atom is 0.129 e. The second-order valence-electron chi connectivity index (χ2n) is 11.0. The molecule has 4 rings (SSSR count). The highest BCUT2D eigenvalue weighted by Crippen LogP contribution is 2.50. The molecule has 4 atom stereocenters. The Morgan fingerprint density at radius 3 is 1.94 bits per heavy atom. The number of benzene rings is 1. The highest BCUT2D eigenvalue weighted by molar-refractivity contribution is 5.29. The molecule has 0 heterocycles. The molecule has 4 unspecified atom stereocenters. The molecule has 0 radical (unpaired) electrons. The predicted molar refractivity (Wildman–Crippen MR) is 131 cm³/mol. The van der Waals surface area contributed by atoms with Gasteiger partial charge in [-0.25, -0.2) is 8.78 Å². The molecule has 0 aliphatic heterocycles. The molecule has 1 aromatic carbocycles. The number of hydrogen-bond acceptors (Lipinski definition) is 0. The average Bonchev–Trinajstić information content (AvgIpc) is 2.82. The molecule has 0 nitrogen and oxygen atoms in total. The molecule has 3 aliphatic carbocycles. The largest absolute Gasteiger partial charge is 0.207 e. The van der Waals surface area contributed by atoms with Crippen LogP contribution in [0.5, 0.6) is 0 Å². The zero-order valence-electron chi connectivity index (χ0n) is 19.8. The van der Waals surface area contributed by atoms with E-state index in [-0.39, 0.29) is 17.2 Å². The third kappa shape index (κ3) is 5.54. The number of fused-ring (bicyclic) bond motifs is 1. The summed E-state index contributed by atoms with van der Waals surface area (Å²) in [5, 5.41) is 0. The van der Waals surface area contributed by atoms with Gasteiger partial charge in [0.15, 0.2) is 0 Å². The van der Waals surface area contributed by atoms with Crippen LogP contribution in [-0.4, -0.2) is 0 Å². The highest BCUT2D eigenvalue weighted by Gasteiger charge is 2.38. The van der Waals surface area contributed by atoms with E-state index < -0.39 is 0 Å². The first-order valence-electron chi connectivity index (χ1n) is 13.3. The monoisotopic (exact) mass is 440 g/mol. The van der Waals surface area contributed by atoms with Crippen molar-refractivity contribution >= 4 is 0 Å². The van der Waals surface area contributed by atoms with Crippen molar-refractivity contribution in [3.8, 4) is 0 Å². The maximum atomic E-state index is 14.5. The van der Waals surface area contributed by atoms with E-state index in [1.165, 1.54) is 64.2 Å².